The number of hydrogen-bond acceptors (Lipinski definition) is 4. The molecule has 0 spiro atoms. The van der Waals surface area contributed by atoms with Gasteiger partial charge in [-0.1, -0.05) is 6.07 Å². The molecule has 1 heterocycles. The van der Waals surface area contributed by atoms with E-state index in [4.69, 9.17) is 9.52 Å². The summed E-state index contributed by atoms with van der Waals surface area (Å²) in [5.41, 5.74) is 2.32. The van der Waals surface area contributed by atoms with Crippen LogP contribution in [0.4, 0.5) is 5.69 Å². The Bertz CT molecular complexity index is 676. The SMILES string of the molecule is CNC(=O)c1cccc(NCc2cc(C(=O)O)co2)c1C. The molecule has 2 aromatic rings. The van der Waals surface area contributed by atoms with Crippen molar-refractivity contribution in [1.82, 2.24) is 5.32 Å². The van der Waals surface area contributed by atoms with Crippen LogP contribution in [0.15, 0.2) is 34.9 Å². The van der Waals surface area contributed by atoms with Crippen LogP contribution < -0.4 is 10.6 Å². The zero-order chi connectivity index (χ0) is 15.4. The first-order valence-electron chi connectivity index (χ1n) is 6.39. The summed E-state index contributed by atoms with van der Waals surface area (Å²) in [6.07, 6.45) is 1.20. The van der Waals surface area contributed by atoms with Crippen LogP contribution in [0.1, 0.15) is 32.0 Å². The third kappa shape index (κ3) is 3.22. The highest BCUT2D eigenvalue weighted by atomic mass is 16.4. The molecular formula is C15H16N2O4. The van der Waals surface area contributed by atoms with Crippen molar-refractivity contribution in [3.63, 3.8) is 0 Å². The van der Waals surface area contributed by atoms with Crippen LogP contribution in [0, 0.1) is 6.92 Å². The van der Waals surface area contributed by atoms with E-state index >= 15 is 0 Å². The smallest absolute Gasteiger partial charge is 0.338 e. The molecule has 0 radical (unpaired) electrons. The van der Waals surface area contributed by atoms with Crippen LogP contribution in [0.5, 0.6) is 0 Å². The van der Waals surface area contributed by atoms with Gasteiger partial charge in [-0.2, -0.15) is 0 Å². The quantitative estimate of drug-likeness (QED) is 0.785. The summed E-state index contributed by atoms with van der Waals surface area (Å²) in [5, 5.41) is 14.5. The average Bonchev–Trinajstić information content (AvgIpc) is 2.94. The molecule has 110 valence electrons. The van der Waals surface area contributed by atoms with E-state index in [0.717, 1.165) is 11.3 Å². The van der Waals surface area contributed by atoms with Gasteiger partial charge in [-0.05, 0) is 30.7 Å². The molecule has 0 fully saturated rings. The van der Waals surface area contributed by atoms with Crippen LogP contribution in [0.2, 0.25) is 0 Å². The highest BCUT2D eigenvalue weighted by molar-refractivity contribution is 5.96. The van der Waals surface area contributed by atoms with Gasteiger partial charge in [0.1, 0.15) is 12.0 Å². The van der Waals surface area contributed by atoms with Gasteiger partial charge in [0.05, 0.1) is 12.1 Å². The molecule has 6 nitrogen and oxygen atoms in total. The third-order valence-electron chi connectivity index (χ3n) is 3.16. The van der Waals surface area contributed by atoms with Gasteiger partial charge in [0.25, 0.3) is 5.91 Å². The Morgan fingerprint density at radius 3 is 2.71 bits per heavy atom. The summed E-state index contributed by atoms with van der Waals surface area (Å²) in [6, 6.07) is 6.84. The largest absolute Gasteiger partial charge is 0.478 e. The fraction of sp³-hybridized carbons (Fsp3) is 0.200. The predicted octanol–water partition coefficient (Wildman–Crippen LogP) is 2.26. The number of benzene rings is 1. The van der Waals surface area contributed by atoms with E-state index in [1.165, 1.54) is 12.3 Å². The number of carboxylic acid groups (broad SMARTS) is 1. The maximum absolute atomic E-state index is 11.7. The molecule has 0 aliphatic carbocycles. The highest BCUT2D eigenvalue weighted by Crippen LogP contribution is 2.20. The van der Waals surface area contributed by atoms with Crippen molar-refractivity contribution in [3.8, 4) is 0 Å². The van der Waals surface area contributed by atoms with Crippen LogP contribution in [0.3, 0.4) is 0 Å². The number of aromatic carboxylic acids is 1. The zero-order valence-electron chi connectivity index (χ0n) is 11.8. The molecule has 0 saturated heterocycles. The van der Waals surface area contributed by atoms with E-state index in [1.54, 1.807) is 19.2 Å². The van der Waals surface area contributed by atoms with Crippen molar-refractivity contribution in [2.24, 2.45) is 0 Å². The molecule has 1 aromatic carbocycles. The van der Waals surface area contributed by atoms with Crippen molar-refractivity contribution >= 4 is 17.6 Å². The van der Waals surface area contributed by atoms with Gasteiger partial charge in [-0.3, -0.25) is 4.79 Å². The van der Waals surface area contributed by atoms with Crippen LogP contribution >= 0.6 is 0 Å². The molecule has 0 bridgehead atoms. The van der Waals surface area contributed by atoms with Crippen molar-refractivity contribution in [2.45, 2.75) is 13.5 Å². The lowest BCUT2D eigenvalue weighted by atomic mass is 10.1. The summed E-state index contributed by atoms with van der Waals surface area (Å²) in [4.78, 5) is 22.5. The molecule has 0 unspecified atom stereocenters. The lowest BCUT2D eigenvalue weighted by Crippen LogP contribution is -2.19. The second-order valence-corrected chi connectivity index (χ2v) is 4.52. The van der Waals surface area contributed by atoms with E-state index in [1.807, 2.05) is 13.0 Å². The number of anilines is 1. The number of hydrogen-bond donors (Lipinski definition) is 3. The number of nitrogens with one attached hydrogen (secondary N) is 2. The molecule has 2 rings (SSSR count). The zero-order valence-corrected chi connectivity index (χ0v) is 11.8. The first kappa shape index (κ1) is 14.6. The predicted molar refractivity (Wildman–Crippen MR) is 77.6 cm³/mol. The molecule has 6 heteroatoms. The van der Waals surface area contributed by atoms with Crippen molar-refractivity contribution in [3.05, 3.63) is 53.0 Å². The molecule has 0 atom stereocenters. The molecule has 21 heavy (non-hydrogen) atoms. The number of furan rings is 1. The number of rotatable bonds is 5. The minimum atomic E-state index is -1.03. The van der Waals surface area contributed by atoms with E-state index < -0.39 is 5.97 Å². The molecule has 3 N–H and O–H groups in total. The van der Waals surface area contributed by atoms with Gasteiger partial charge in [0, 0.05) is 18.3 Å². The molecule has 0 aliphatic rings. The van der Waals surface area contributed by atoms with Gasteiger partial charge >= 0.3 is 5.97 Å². The normalized spacial score (nSPS) is 10.2. The Hall–Kier alpha value is -2.76. The maximum atomic E-state index is 11.7. The molecule has 1 aromatic heterocycles. The lowest BCUT2D eigenvalue weighted by Gasteiger charge is -2.11. The van der Waals surface area contributed by atoms with Crippen molar-refractivity contribution < 1.29 is 19.1 Å². The minimum absolute atomic E-state index is 0.114. The number of amides is 1. The summed E-state index contributed by atoms with van der Waals surface area (Å²) >= 11 is 0. The van der Waals surface area contributed by atoms with E-state index in [0.29, 0.717) is 17.9 Å². The maximum Gasteiger partial charge on any atom is 0.338 e. The van der Waals surface area contributed by atoms with E-state index in [9.17, 15) is 9.59 Å². The Morgan fingerprint density at radius 2 is 2.10 bits per heavy atom. The van der Waals surface area contributed by atoms with Gasteiger partial charge in [-0.15, -0.1) is 0 Å². The average molecular weight is 288 g/mol. The number of carboxylic acids is 1. The first-order chi connectivity index (χ1) is 10.0. The molecule has 0 saturated carbocycles. The Kier molecular flexibility index (Phi) is 4.27. The van der Waals surface area contributed by atoms with Crippen molar-refractivity contribution in [1.29, 1.82) is 0 Å². The topological polar surface area (TPSA) is 91.6 Å². The Labute approximate surface area is 121 Å². The minimum Gasteiger partial charge on any atom is -0.478 e. The fourth-order valence-electron chi connectivity index (χ4n) is 1.98. The summed E-state index contributed by atoms with van der Waals surface area (Å²) in [6.45, 7) is 2.18. The van der Waals surface area contributed by atoms with Crippen molar-refractivity contribution in [2.75, 3.05) is 12.4 Å². The second kappa shape index (κ2) is 6.13. The highest BCUT2D eigenvalue weighted by Gasteiger charge is 2.11. The first-order valence-corrected chi connectivity index (χ1v) is 6.39. The Balaban J connectivity index is 2.12. The monoisotopic (exact) mass is 288 g/mol. The summed E-state index contributed by atoms with van der Waals surface area (Å²) < 4.78 is 5.16. The van der Waals surface area contributed by atoms with Crippen LogP contribution in [-0.2, 0) is 6.54 Å². The standard InChI is InChI=1S/C15H16N2O4/c1-9-12(14(18)16-2)4-3-5-13(9)17-7-11-6-10(8-21-11)15(19)20/h3-6,8,17H,7H2,1-2H3,(H,16,18)(H,19,20). The van der Waals surface area contributed by atoms with E-state index in [-0.39, 0.29) is 11.5 Å². The van der Waals surface area contributed by atoms with Gasteiger partial charge in [0.15, 0.2) is 0 Å². The summed E-state index contributed by atoms with van der Waals surface area (Å²) in [5.74, 6) is -0.665. The van der Waals surface area contributed by atoms with Gasteiger partial charge in [-0.25, -0.2) is 4.79 Å². The molecule has 0 aliphatic heterocycles. The second-order valence-electron chi connectivity index (χ2n) is 4.52. The lowest BCUT2D eigenvalue weighted by molar-refractivity contribution is 0.0696. The van der Waals surface area contributed by atoms with Crippen LogP contribution in [0.25, 0.3) is 0 Å². The molecule has 1 amide bonds. The molecular weight excluding hydrogens is 272 g/mol. The fourth-order valence-corrected chi connectivity index (χ4v) is 1.98. The number of carbonyl (C=O) groups is 2. The van der Waals surface area contributed by atoms with Crippen LogP contribution in [-0.4, -0.2) is 24.0 Å². The van der Waals surface area contributed by atoms with Gasteiger partial charge in [0.2, 0.25) is 0 Å². The third-order valence-corrected chi connectivity index (χ3v) is 3.16. The van der Waals surface area contributed by atoms with E-state index in [2.05, 4.69) is 10.6 Å². The Morgan fingerprint density at radius 1 is 1.33 bits per heavy atom. The summed E-state index contributed by atoms with van der Waals surface area (Å²) in [7, 11) is 1.58. The number of carbonyl (C=O) groups excluding carboxylic acids is 1. The van der Waals surface area contributed by atoms with Gasteiger partial charge < -0.3 is 20.2 Å².